The lowest BCUT2D eigenvalue weighted by Gasteiger charge is -2.20. The van der Waals surface area contributed by atoms with Gasteiger partial charge < -0.3 is 15.1 Å². The number of guanidine groups is 1. The van der Waals surface area contributed by atoms with Crippen molar-refractivity contribution in [1.82, 2.24) is 25.3 Å². The van der Waals surface area contributed by atoms with Gasteiger partial charge in [0.1, 0.15) is 5.76 Å². The van der Waals surface area contributed by atoms with E-state index in [4.69, 9.17) is 4.42 Å². The number of halogens is 1. The molecule has 0 aliphatic rings. The van der Waals surface area contributed by atoms with E-state index in [9.17, 15) is 0 Å². The van der Waals surface area contributed by atoms with Gasteiger partial charge in [-0.1, -0.05) is 24.3 Å². The average Bonchev–Trinajstić information content (AvgIpc) is 3.35. The van der Waals surface area contributed by atoms with Gasteiger partial charge in [-0.05, 0) is 63.1 Å². The SMILES string of the molecule is CN=C(NCc1ccccc1CN(C)Cc1ccco1)NC(C)Cc1c(C)nn(C)c1C.I. The summed E-state index contributed by atoms with van der Waals surface area (Å²) in [5.41, 5.74) is 6.15. The molecule has 0 aliphatic carbocycles. The van der Waals surface area contributed by atoms with Gasteiger partial charge in [0.05, 0.1) is 18.5 Å². The molecule has 0 spiro atoms. The minimum Gasteiger partial charge on any atom is -0.468 e. The number of nitrogens with zero attached hydrogens (tertiary/aromatic N) is 4. The molecule has 1 atom stereocenters. The number of furan rings is 1. The van der Waals surface area contributed by atoms with Gasteiger partial charge in [0, 0.05) is 38.9 Å². The maximum atomic E-state index is 5.48. The largest absolute Gasteiger partial charge is 0.468 e. The number of hydrogen-bond donors (Lipinski definition) is 2. The molecule has 2 aromatic heterocycles. The van der Waals surface area contributed by atoms with E-state index in [1.54, 1.807) is 6.26 Å². The predicted molar refractivity (Wildman–Crippen MR) is 145 cm³/mol. The van der Waals surface area contributed by atoms with E-state index in [1.165, 1.54) is 22.4 Å². The molecule has 1 aromatic carbocycles. The molecule has 0 amide bonds. The van der Waals surface area contributed by atoms with E-state index in [1.807, 2.05) is 30.9 Å². The summed E-state index contributed by atoms with van der Waals surface area (Å²) in [4.78, 5) is 6.68. The Bertz CT molecular complexity index is 1030. The minimum absolute atomic E-state index is 0. The molecule has 180 valence electrons. The van der Waals surface area contributed by atoms with Crippen LogP contribution in [0.25, 0.3) is 0 Å². The van der Waals surface area contributed by atoms with Crippen molar-refractivity contribution in [2.75, 3.05) is 14.1 Å². The summed E-state index contributed by atoms with van der Waals surface area (Å²) >= 11 is 0. The van der Waals surface area contributed by atoms with Crippen molar-refractivity contribution in [2.24, 2.45) is 12.0 Å². The molecule has 0 saturated heterocycles. The number of aliphatic imine (C=N–C) groups is 1. The summed E-state index contributed by atoms with van der Waals surface area (Å²) < 4.78 is 7.43. The lowest BCUT2D eigenvalue weighted by atomic mass is 10.1. The number of aryl methyl sites for hydroxylation is 2. The van der Waals surface area contributed by atoms with Crippen LogP contribution in [0.3, 0.4) is 0 Å². The monoisotopic (exact) mass is 564 g/mol. The number of benzene rings is 1. The Morgan fingerprint density at radius 3 is 2.48 bits per heavy atom. The number of hydrogen-bond acceptors (Lipinski definition) is 4. The molecule has 0 fully saturated rings. The minimum atomic E-state index is 0. The summed E-state index contributed by atoms with van der Waals surface area (Å²) in [6.45, 7) is 8.71. The van der Waals surface area contributed by atoms with E-state index < -0.39 is 0 Å². The molecule has 0 saturated carbocycles. The van der Waals surface area contributed by atoms with Crippen LogP contribution in [0.5, 0.6) is 0 Å². The highest BCUT2D eigenvalue weighted by Crippen LogP contribution is 2.15. The standard InChI is InChI=1S/C25H36N6O.HI/c1-18(14-24-19(2)29-31(6)20(24)3)28-25(26-4)27-15-21-10-7-8-11-22(21)16-30(5)17-23-12-9-13-32-23;/h7-13,18H,14-17H2,1-6H3,(H2,26,27,28);1H. The van der Waals surface area contributed by atoms with Crippen molar-refractivity contribution in [1.29, 1.82) is 0 Å². The van der Waals surface area contributed by atoms with Gasteiger partial charge in [0.2, 0.25) is 0 Å². The third-order valence-electron chi connectivity index (χ3n) is 5.79. The topological polar surface area (TPSA) is 70.6 Å². The van der Waals surface area contributed by atoms with Crippen LogP contribution in [-0.2, 0) is 33.1 Å². The molecule has 0 radical (unpaired) electrons. The molecule has 3 rings (SSSR count). The van der Waals surface area contributed by atoms with E-state index in [2.05, 4.69) is 77.7 Å². The van der Waals surface area contributed by atoms with Crippen LogP contribution in [0.4, 0.5) is 0 Å². The van der Waals surface area contributed by atoms with E-state index in [0.29, 0.717) is 6.54 Å². The second-order valence-electron chi connectivity index (χ2n) is 8.47. The summed E-state index contributed by atoms with van der Waals surface area (Å²) in [6, 6.07) is 12.7. The zero-order valence-corrected chi connectivity index (χ0v) is 22.9. The maximum absolute atomic E-state index is 5.48. The second kappa shape index (κ2) is 12.8. The van der Waals surface area contributed by atoms with E-state index in [0.717, 1.165) is 36.9 Å². The molecule has 2 heterocycles. The summed E-state index contributed by atoms with van der Waals surface area (Å²) in [6.07, 6.45) is 2.62. The zero-order valence-electron chi connectivity index (χ0n) is 20.6. The zero-order chi connectivity index (χ0) is 23.1. The third kappa shape index (κ3) is 7.60. The van der Waals surface area contributed by atoms with Crippen molar-refractivity contribution in [3.8, 4) is 0 Å². The van der Waals surface area contributed by atoms with Gasteiger partial charge in [-0.2, -0.15) is 5.10 Å². The highest BCUT2D eigenvalue weighted by atomic mass is 127. The highest BCUT2D eigenvalue weighted by Gasteiger charge is 2.14. The quantitative estimate of drug-likeness (QED) is 0.232. The van der Waals surface area contributed by atoms with Crippen molar-refractivity contribution >= 4 is 29.9 Å². The molecule has 7 nitrogen and oxygen atoms in total. The summed E-state index contributed by atoms with van der Waals surface area (Å²) in [5, 5.41) is 11.5. The average molecular weight is 565 g/mol. The normalized spacial score (nSPS) is 12.5. The number of aromatic nitrogens is 2. The van der Waals surface area contributed by atoms with Crippen LogP contribution < -0.4 is 10.6 Å². The number of rotatable bonds is 9. The van der Waals surface area contributed by atoms with Gasteiger partial charge in [0.25, 0.3) is 0 Å². The Hall–Kier alpha value is -2.33. The molecule has 0 bridgehead atoms. The Morgan fingerprint density at radius 1 is 1.15 bits per heavy atom. The molecule has 8 heteroatoms. The molecule has 33 heavy (non-hydrogen) atoms. The van der Waals surface area contributed by atoms with Crippen molar-refractivity contribution < 1.29 is 4.42 Å². The van der Waals surface area contributed by atoms with Crippen molar-refractivity contribution in [2.45, 2.75) is 52.9 Å². The molecular formula is C25H37IN6O. The first kappa shape index (κ1) is 26.9. The first-order chi connectivity index (χ1) is 15.4. The third-order valence-corrected chi connectivity index (χ3v) is 5.79. The molecule has 1 unspecified atom stereocenters. The second-order valence-corrected chi connectivity index (χ2v) is 8.47. The Labute approximate surface area is 214 Å². The summed E-state index contributed by atoms with van der Waals surface area (Å²) in [5.74, 6) is 1.77. The van der Waals surface area contributed by atoms with Gasteiger partial charge in [-0.25, -0.2) is 0 Å². The van der Waals surface area contributed by atoms with Gasteiger partial charge in [-0.3, -0.25) is 14.6 Å². The molecular weight excluding hydrogens is 527 g/mol. The van der Waals surface area contributed by atoms with Crippen LogP contribution in [0.1, 0.15) is 40.8 Å². The predicted octanol–water partition coefficient (Wildman–Crippen LogP) is 4.18. The van der Waals surface area contributed by atoms with Gasteiger partial charge in [0.15, 0.2) is 5.96 Å². The van der Waals surface area contributed by atoms with Gasteiger partial charge in [-0.15, -0.1) is 24.0 Å². The smallest absolute Gasteiger partial charge is 0.191 e. The highest BCUT2D eigenvalue weighted by molar-refractivity contribution is 14.0. The lowest BCUT2D eigenvalue weighted by molar-refractivity contribution is 0.287. The van der Waals surface area contributed by atoms with E-state index >= 15 is 0 Å². The van der Waals surface area contributed by atoms with Crippen LogP contribution >= 0.6 is 24.0 Å². The summed E-state index contributed by atoms with van der Waals surface area (Å²) in [7, 11) is 5.91. The molecule has 2 N–H and O–H groups in total. The van der Waals surface area contributed by atoms with Crippen LogP contribution in [0, 0.1) is 13.8 Å². The number of nitrogens with one attached hydrogen (secondary N) is 2. The fourth-order valence-corrected chi connectivity index (χ4v) is 3.98. The Morgan fingerprint density at radius 2 is 1.88 bits per heavy atom. The van der Waals surface area contributed by atoms with Crippen LogP contribution in [-0.4, -0.2) is 40.8 Å². The fourth-order valence-electron chi connectivity index (χ4n) is 3.98. The van der Waals surface area contributed by atoms with Crippen LogP contribution in [0.15, 0.2) is 52.1 Å². The van der Waals surface area contributed by atoms with E-state index in [-0.39, 0.29) is 30.0 Å². The molecule has 3 aromatic rings. The Kier molecular flexibility index (Phi) is 10.4. The van der Waals surface area contributed by atoms with Crippen LogP contribution in [0.2, 0.25) is 0 Å². The van der Waals surface area contributed by atoms with Crippen molar-refractivity contribution in [3.05, 3.63) is 76.5 Å². The first-order valence-corrected chi connectivity index (χ1v) is 11.1. The molecule has 0 aliphatic heterocycles. The first-order valence-electron chi connectivity index (χ1n) is 11.1. The fraction of sp³-hybridized carbons (Fsp3) is 0.440. The van der Waals surface area contributed by atoms with Gasteiger partial charge >= 0.3 is 0 Å². The maximum Gasteiger partial charge on any atom is 0.191 e. The lowest BCUT2D eigenvalue weighted by Crippen LogP contribution is -2.43. The van der Waals surface area contributed by atoms with Crippen molar-refractivity contribution in [3.63, 3.8) is 0 Å². The Balaban J connectivity index is 0.00000385.